The van der Waals surface area contributed by atoms with Crippen LogP contribution in [0.1, 0.15) is 57.8 Å². The second kappa shape index (κ2) is 11.0. The van der Waals surface area contributed by atoms with Crippen molar-refractivity contribution in [2.24, 2.45) is 0 Å². The van der Waals surface area contributed by atoms with Crippen molar-refractivity contribution in [1.82, 2.24) is 10.2 Å². The minimum absolute atomic E-state index is 0.0945. The van der Waals surface area contributed by atoms with Crippen LogP contribution in [0.4, 0.5) is 10.5 Å². The molecule has 0 aliphatic carbocycles. The van der Waals surface area contributed by atoms with E-state index in [0.717, 1.165) is 23.2 Å². The van der Waals surface area contributed by atoms with Crippen molar-refractivity contribution in [2.75, 3.05) is 12.4 Å². The first-order valence-electron chi connectivity index (χ1n) is 11.9. The fourth-order valence-electron chi connectivity index (χ4n) is 4.27. The third-order valence-electron chi connectivity index (χ3n) is 6.18. The molecule has 2 amide bonds. The number of hydrogen-bond donors (Lipinski definition) is 3. The third-order valence-corrected chi connectivity index (χ3v) is 6.18. The smallest absolute Gasteiger partial charge is 0.410 e. The highest BCUT2D eigenvalue weighted by Gasteiger charge is 2.42. The number of benzene rings is 2. The number of aliphatic hydroxyl groups excluding tert-OH is 1. The second-order valence-corrected chi connectivity index (χ2v) is 9.94. The number of aliphatic hydroxyl groups is 1. The van der Waals surface area contributed by atoms with Gasteiger partial charge in [-0.1, -0.05) is 42.5 Å². The molecule has 2 aromatic carbocycles. The van der Waals surface area contributed by atoms with Crippen molar-refractivity contribution in [3.05, 3.63) is 65.7 Å². The van der Waals surface area contributed by atoms with Gasteiger partial charge in [-0.2, -0.15) is 0 Å². The van der Waals surface area contributed by atoms with Crippen molar-refractivity contribution < 1.29 is 19.4 Å². The Morgan fingerprint density at radius 3 is 2.32 bits per heavy atom. The number of anilines is 1. The van der Waals surface area contributed by atoms with Gasteiger partial charge in [0.25, 0.3) is 0 Å². The Balaban J connectivity index is 1.76. The van der Waals surface area contributed by atoms with E-state index in [2.05, 4.69) is 10.6 Å². The number of likely N-dealkylation sites (tertiary alicyclic amines) is 1. The van der Waals surface area contributed by atoms with Gasteiger partial charge in [0.05, 0.1) is 18.2 Å². The first-order chi connectivity index (χ1) is 16.1. The first kappa shape index (κ1) is 25.7. The zero-order valence-electron chi connectivity index (χ0n) is 20.7. The van der Waals surface area contributed by atoms with Gasteiger partial charge in [0.1, 0.15) is 5.60 Å². The van der Waals surface area contributed by atoms with E-state index < -0.39 is 17.8 Å². The van der Waals surface area contributed by atoms with E-state index in [0.29, 0.717) is 12.8 Å². The van der Waals surface area contributed by atoms with Crippen LogP contribution in [0, 0.1) is 0 Å². The standard InChI is InChI=1S/C27H37N3O4/c1-18(28-5)25(32)29-21-13-11-19(12-14-21)17-22-15-16-23(24(31)20-9-7-6-8-10-20)30(22)26(33)34-27(2,3)4/h6-14,18,22-24,28,31H,15-17H2,1-5H3,(H,29,32)/t18-,22-,23+,24+/m0/s1. The summed E-state index contributed by atoms with van der Waals surface area (Å²) in [7, 11) is 1.74. The lowest BCUT2D eigenvalue weighted by Gasteiger charge is -2.35. The molecule has 1 fully saturated rings. The van der Waals surface area contributed by atoms with Gasteiger partial charge in [-0.3, -0.25) is 9.69 Å². The minimum Gasteiger partial charge on any atom is -0.444 e. The number of nitrogens with zero attached hydrogens (tertiary/aromatic N) is 1. The maximum Gasteiger partial charge on any atom is 0.410 e. The van der Waals surface area contributed by atoms with Crippen LogP contribution in [-0.2, 0) is 16.0 Å². The average Bonchev–Trinajstić information content (AvgIpc) is 3.22. The number of ether oxygens (including phenoxy) is 1. The van der Waals surface area contributed by atoms with Gasteiger partial charge in [0.15, 0.2) is 0 Å². The van der Waals surface area contributed by atoms with E-state index in [-0.39, 0.29) is 24.0 Å². The highest BCUT2D eigenvalue weighted by molar-refractivity contribution is 5.94. The summed E-state index contributed by atoms with van der Waals surface area (Å²) in [5.74, 6) is -0.0973. The molecule has 7 heteroatoms. The monoisotopic (exact) mass is 467 g/mol. The Bertz CT molecular complexity index is 956. The van der Waals surface area contributed by atoms with Crippen LogP contribution >= 0.6 is 0 Å². The van der Waals surface area contributed by atoms with E-state index in [1.807, 2.05) is 75.4 Å². The quantitative estimate of drug-likeness (QED) is 0.566. The molecule has 0 spiro atoms. The highest BCUT2D eigenvalue weighted by Crippen LogP contribution is 2.36. The van der Waals surface area contributed by atoms with Crippen LogP contribution in [0.15, 0.2) is 54.6 Å². The number of amides is 2. The molecule has 0 aromatic heterocycles. The molecule has 3 rings (SSSR count). The van der Waals surface area contributed by atoms with Crippen molar-refractivity contribution >= 4 is 17.7 Å². The van der Waals surface area contributed by atoms with Gasteiger partial charge in [0, 0.05) is 11.7 Å². The lowest BCUT2D eigenvalue weighted by molar-refractivity contribution is -0.117. The molecule has 0 unspecified atom stereocenters. The largest absolute Gasteiger partial charge is 0.444 e. The Morgan fingerprint density at radius 1 is 1.09 bits per heavy atom. The van der Waals surface area contributed by atoms with E-state index in [9.17, 15) is 14.7 Å². The van der Waals surface area contributed by atoms with Crippen LogP contribution in [0.5, 0.6) is 0 Å². The molecular weight excluding hydrogens is 430 g/mol. The zero-order valence-corrected chi connectivity index (χ0v) is 20.7. The van der Waals surface area contributed by atoms with Crippen LogP contribution in [0.3, 0.4) is 0 Å². The number of nitrogens with one attached hydrogen (secondary N) is 2. The average molecular weight is 468 g/mol. The third kappa shape index (κ3) is 6.58. The number of hydrogen-bond acceptors (Lipinski definition) is 5. The molecule has 1 aliphatic rings. The molecule has 1 saturated heterocycles. The molecule has 184 valence electrons. The molecule has 0 bridgehead atoms. The van der Waals surface area contributed by atoms with Crippen molar-refractivity contribution in [2.45, 2.75) is 76.8 Å². The normalized spacial score (nSPS) is 20.0. The summed E-state index contributed by atoms with van der Waals surface area (Å²) < 4.78 is 5.72. The number of rotatable bonds is 7. The first-order valence-corrected chi connectivity index (χ1v) is 11.9. The molecular formula is C27H37N3O4. The van der Waals surface area contributed by atoms with Gasteiger partial charge < -0.3 is 20.5 Å². The molecule has 34 heavy (non-hydrogen) atoms. The Kier molecular flexibility index (Phi) is 8.33. The minimum atomic E-state index is -0.787. The van der Waals surface area contributed by atoms with Crippen molar-refractivity contribution in [1.29, 1.82) is 0 Å². The lowest BCUT2D eigenvalue weighted by Crippen LogP contribution is -2.47. The summed E-state index contributed by atoms with van der Waals surface area (Å²) >= 11 is 0. The van der Waals surface area contributed by atoms with Gasteiger partial charge in [-0.15, -0.1) is 0 Å². The fraction of sp³-hybridized carbons (Fsp3) is 0.481. The fourth-order valence-corrected chi connectivity index (χ4v) is 4.27. The van der Waals surface area contributed by atoms with Gasteiger partial charge in [-0.25, -0.2) is 4.79 Å². The summed E-state index contributed by atoms with van der Waals surface area (Å²) in [6.45, 7) is 7.34. The van der Waals surface area contributed by atoms with Gasteiger partial charge in [0.2, 0.25) is 5.91 Å². The zero-order chi connectivity index (χ0) is 24.9. The maximum atomic E-state index is 13.2. The number of carbonyl (C=O) groups excluding carboxylic acids is 2. The molecule has 7 nitrogen and oxygen atoms in total. The Hall–Kier alpha value is -2.90. The van der Waals surface area contributed by atoms with Gasteiger partial charge in [-0.05, 0) is 77.3 Å². The van der Waals surface area contributed by atoms with Crippen LogP contribution in [0.25, 0.3) is 0 Å². The highest BCUT2D eigenvalue weighted by atomic mass is 16.6. The van der Waals surface area contributed by atoms with E-state index >= 15 is 0 Å². The predicted molar refractivity (Wildman–Crippen MR) is 134 cm³/mol. The summed E-state index contributed by atoms with van der Waals surface area (Å²) in [6.07, 6.45) is 0.908. The van der Waals surface area contributed by atoms with Crippen LogP contribution < -0.4 is 10.6 Å². The van der Waals surface area contributed by atoms with Crippen molar-refractivity contribution in [3.63, 3.8) is 0 Å². The molecule has 4 atom stereocenters. The van der Waals surface area contributed by atoms with E-state index in [1.54, 1.807) is 18.9 Å². The van der Waals surface area contributed by atoms with Gasteiger partial charge >= 0.3 is 6.09 Å². The summed E-state index contributed by atoms with van der Waals surface area (Å²) in [4.78, 5) is 27.0. The SMILES string of the molecule is CN[C@@H](C)C(=O)Nc1ccc(C[C@@H]2CC[C@H]([C@H](O)c3ccccc3)N2C(=O)OC(C)(C)C)cc1. The lowest BCUT2D eigenvalue weighted by atomic mass is 10.0. The summed E-state index contributed by atoms with van der Waals surface area (Å²) in [5.41, 5.74) is 1.94. The topological polar surface area (TPSA) is 90.9 Å². The van der Waals surface area contributed by atoms with Crippen molar-refractivity contribution in [3.8, 4) is 0 Å². The Labute approximate surface area is 202 Å². The molecule has 1 heterocycles. The summed E-state index contributed by atoms with van der Waals surface area (Å²) in [6, 6.07) is 16.4. The molecule has 2 aromatic rings. The van der Waals surface area contributed by atoms with Crippen LogP contribution in [-0.4, -0.2) is 52.8 Å². The van der Waals surface area contributed by atoms with E-state index in [1.165, 1.54) is 0 Å². The molecule has 3 N–H and O–H groups in total. The van der Waals surface area contributed by atoms with Crippen LogP contribution in [0.2, 0.25) is 0 Å². The predicted octanol–water partition coefficient (Wildman–Crippen LogP) is 4.28. The number of carbonyl (C=O) groups is 2. The second-order valence-electron chi connectivity index (χ2n) is 9.94. The molecule has 0 radical (unpaired) electrons. The molecule has 1 aliphatic heterocycles. The Morgan fingerprint density at radius 2 is 1.74 bits per heavy atom. The molecule has 0 saturated carbocycles. The van der Waals surface area contributed by atoms with E-state index in [4.69, 9.17) is 4.74 Å². The maximum absolute atomic E-state index is 13.2. The number of likely N-dealkylation sites (N-methyl/N-ethyl adjacent to an activating group) is 1. The summed E-state index contributed by atoms with van der Waals surface area (Å²) in [5, 5.41) is 16.9.